The van der Waals surface area contributed by atoms with Gasteiger partial charge in [0.2, 0.25) is 0 Å². The first-order valence-electron chi connectivity index (χ1n) is 9.64. The van der Waals surface area contributed by atoms with Gasteiger partial charge in [-0.25, -0.2) is 9.82 Å². The smallest absolute Gasteiger partial charge is 0.329 e. The molecule has 0 fully saturated rings. The van der Waals surface area contributed by atoms with Gasteiger partial charge in [0, 0.05) is 10.7 Å². The number of nitrogens with zero attached hydrogens (tertiary/aromatic N) is 1. The van der Waals surface area contributed by atoms with Gasteiger partial charge in [-0.1, -0.05) is 29.8 Å². The monoisotopic (exact) mass is 485 g/mol. The zero-order valence-electron chi connectivity index (χ0n) is 17.3. The first-order valence-corrected chi connectivity index (χ1v) is 10.0. The summed E-state index contributed by atoms with van der Waals surface area (Å²) < 4.78 is 18.9. The van der Waals surface area contributed by atoms with Crippen LogP contribution in [-0.4, -0.2) is 29.8 Å². The molecule has 34 heavy (non-hydrogen) atoms. The summed E-state index contributed by atoms with van der Waals surface area (Å²) in [5.41, 5.74) is 2.20. The lowest BCUT2D eigenvalue weighted by Crippen LogP contribution is -2.34. The molecule has 0 saturated heterocycles. The molecular weight excluding hydrogens is 469 g/mol. The number of carbonyl (C=O) groups excluding carboxylic acids is 4. The standard InChI is InChI=1S/C22H17ClFN5O5/c23-13-4-3-5-14(10-13)27-20(31)19(30)25-11-15-8-9-16(34-15)12-26-29-22(33)21(32)28-18-7-2-1-6-17(18)24/h1-10,12H,11H2,(H,25,30)(H,27,31)(H,28,32)(H,29,33)/b26-12+. The fourth-order valence-corrected chi connectivity index (χ4v) is 2.70. The van der Waals surface area contributed by atoms with Gasteiger partial charge in [-0.2, -0.15) is 5.10 Å². The topological polar surface area (TPSA) is 142 Å². The van der Waals surface area contributed by atoms with Crippen molar-refractivity contribution in [1.29, 1.82) is 0 Å². The van der Waals surface area contributed by atoms with E-state index in [1.807, 2.05) is 5.43 Å². The number of furan rings is 1. The number of halogens is 2. The minimum absolute atomic E-state index is 0.0902. The van der Waals surface area contributed by atoms with E-state index in [2.05, 4.69) is 21.1 Å². The molecule has 0 unspecified atom stereocenters. The molecule has 0 aliphatic rings. The molecular formula is C22H17ClFN5O5. The molecule has 0 atom stereocenters. The Morgan fingerprint density at radius 1 is 0.912 bits per heavy atom. The molecule has 4 N–H and O–H groups in total. The molecule has 0 spiro atoms. The lowest BCUT2D eigenvalue weighted by molar-refractivity contribution is -0.136. The molecule has 174 valence electrons. The summed E-state index contributed by atoms with van der Waals surface area (Å²) in [5.74, 6) is -4.20. The second-order valence-electron chi connectivity index (χ2n) is 6.58. The zero-order valence-corrected chi connectivity index (χ0v) is 18.1. The molecule has 3 aromatic rings. The number of benzene rings is 2. The zero-order chi connectivity index (χ0) is 24.5. The highest BCUT2D eigenvalue weighted by Gasteiger charge is 2.16. The number of hydrazone groups is 1. The maximum absolute atomic E-state index is 13.5. The number of hydrogen-bond donors (Lipinski definition) is 4. The van der Waals surface area contributed by atoms with Crippen molar-refractivity contribution in [3.8, 4) is 0 Å². The van der Waals surface area contributed by atoms with Crippen LogP contribution in [0.4, 0.5) is 15.8 Å². The largest absolute Gasteiger partial charge is 0.458 e. The van der Waals surface area contributed by atoms with Crippen LogP contribution >= 0.6 is 11.6 Å². The van der Waals surface area contributed by atoms with Crippen LogP contribution in [0.15, 0.2) is 70.2 Å². The first kappa shape index (κ1) is 24.1. The maximum atomic E-state index is 13.5. The predicted molar refractivity (Wildman–Crippen MR) is 121 cm³/mol. The van der Waals surface area contributed by atoms with Crippen LogP contribution in [-0.2, 0) is 25.7 Å². The Balaban J connectivity index is 1.44. The number of anilines is 2. The summed E-state index contributed by atoms with van der Waals surface area (Å²) in [6.45, 7) is -0.0902. The molecule has 1 heterocycles. The maximum Gasteiger partial charge on any atom is 0.329 e. The summed E-state index contributed by atoms with van der Waals surface area (Å²) in [4.78, 5) is 47.4. The third-order valence-corrected chi connectivity index (χ3v) is 4.32. The van der Waals surface area contributed by atoms with E-state index in [-0.39, 0.29) is 18.0 Å². The van der Waals surface area contributed by atoms with Crippen molar-refractivity contribution < 1.29 is 28.0 Å². The van der Waals surface area contributed by atoms with E-state index in [1.165, 1.54) is 36.4 Å². The van der Waals surface area contributed by atoms with Crippen molar-refractivity contribution in [1.82, 2.24) is 10.7 Å². The lowest BCUT2D eigenvalue weighted by Gasteiger charge is -2.05. The van der Waals surface area contributed by atoms with Crippen molar-refractivity contribution in [2.45, 2.75) is 6.54 Å². The third kappa shape index (κ3) is 7.00. The SMILES string of the molecule is O=C(NCc1ccc(/C=N/NC(=O)C(=O)Nc2ccccc2F)o1)C(=O)Nc1cccc(Cl)c1. The van der Waals surface area contributed by atoms with Crippen LogP contribution in [0.2, 0.25) is 5.02 Å². The Bertz CT molecular complexity index is 1260. The summed E-state index contributed by atoms with van der Waals surface area (Å²) in [6.07, 6.45) is 1.12. The predicted octanol–water partition coefficient (Wildman–Crippen LogP) is 2.42. The lowest BCUT2D eigenvalue weighted by atomic mass is 10.3. The minimum atomic E-state index is -1.12. The molecule has 10 nitrogen and oxygen atoms in total. The van der Waals surface area contributed by atoms with Gasteiger partial charge in [-0.15, -0.1) is 0 Å². The molecule has 0 aliphatic carbocycles. The van der Waals surface area contributed by atoms with Gasteiger partial charge < -0.3 is 20.4 Å². The molecule has 12 heteroatoms. The highest BCUT2D eigenvalue weighted by molar-refractivity contribution is 6.40. The van der Waals surface area contributed by atoms with E-state index >= 15 is 0 Å². The van der Waals surface area contributed by atoms with Gasteiger partial charge in [-0.05, 0) is 42.5 Å². The Morgan fingerprint density at radius 2 is 1.68 bits per heavy atom. The highest BCUT2D eigenvalue weighted by atomic mass is 35.5. The number of amides is 4. The third-order valence-electron chi connectivity index (χ3n) is 4.08. The first-order chi connectivity index (χ1) is 16.3. The summed E-state index contributed by atoms with van der Waals surface area (Å²) in [7, 11) is 0. The van der Waals surface area contributed by atoms with Crippen LogP contribution in [0.5, 0.6) is 0 Å². The number of para-hydroxylation sites is 1. The van der Waals surface area contributed by atoms with E-state index in [0.717, 1.165) is 12.3 Å². The molecule has 2 aromatic carbocycles. The van der Waals surface area contributed by atoms with E-state index in [1.54, 1.807) is 18.2 Å². The van der Waals surface area contributed by atoms with Crippen LogP contribution in [0.1, 0.15) is 11.5 Å². The molecule has 0 radical (unpaired) electrons. The fraction of sp³-hybridized carbons (Fsp3) is 0.0455. The summed E-state index contributed by atoms with van der Waals surface area (Å²) >= 11 is 5.83. The molecule has 3 rings (SSSR count). The van der Waals surface area contributed by atoms with Gasteiger partial charge in [0.05, 0.1) is 18.4 Å². The molecule has 0 bridgehead atoms. The molecule has 4 amide bonds. The van der Waals surface area contributed by atoms with Crippen LogP contribution in [0, 0.1) is 5.82 Å². The second-order valence-corrected chi connectivity index (χ2v) is 7.02. The summed E-state index contributed by atoms with van der Waals surface area (Å²) in [5, 5.41) is 10.9. The van der Waals surface area contributed by atoms with Gasteiger partial charge in [0.15, 0.2) is 0 Å². The average molecular weight is 486 g/mol. The van der Waals surface area contributed by atoms with E-state index in [9.17, 15) is 23.6 Å². The van der Waals surface area contributed by atoms with Crippen molar-refractivity contribution >= 4 is 52.8 Å². The van der Waals surface area contributed by atoms with Gasteiger partial charge in [0.1, 0.15) is 17.3 Å². The van der Waals surface area contributed by atoms with Gasteiger partial charge in [0.25, 0.3) is 0 Å². The van der Waals surface area contributed by atoms with E-state index in [0.29, 0.717) is 16.5 Å². The van der Waals surface area contributed by atoms with Gasteiger partial charge in [-0.3, -0.25) is 19.2 Å². The number of nitrogens with one attached hydrogen (secondary N) is 4. The molecule has 0 saturated carbocycles. The van der Waals surface area contributed by atoms with E-state index < -0.39 is 29.4 Å². The van der Waals surface area contributed by atoms with Crippen molar-refractivity contribution in [2.24, 2.45) is 5.10 Å². The Kier molecular flexibility index (Phi) is 8.08. The van der Waals surface area contributed by atoms with Crippen molar-refractivity contribution in [3.05, 3.63) is 83.0 Å². The van der Waals surface area contributed by atoms with E-state index in [4.69, 9.17) is 16.0 Å². The quantitative estimate of drug-likeness (QED) is 0.241. The fourth-order valence-electron chi connectivity index (χ4n) is 2.51. The second kappa shape index (κ2) is 11.4. The van der Waals surface area contributed by atoms with Crippen LogP contribution in [0.25, 0.3) is 0 Å². The van der Waals surface area contributed by atoms with Crippen LogP contribution < -0.4 is 21.4 Å². The summed E-state index contributed by atoms with van der Waals surface area (Å²) in [6, 6.07) is 14.7. The molecule has 1 aromatic heterocycles. The number of hydrogen-bond acceptors (Lipinski definition) is 6. The van der Waals surface area contributed by atoms with Gasteiger partial charge >= 0.3 is 23.6 Å². The van der Waals surface area contributed by atoms with Crippen molar-refractivity contribution in [3.63, 3.8) is 0 Å². The van der Waals surface area contributed by atoms with Crippen LogP contribution in [0.3, 0.4) is 0 Å². The normalized spacial score (nSPS) is 10.5. The Hall–Kier alpha value is -4.51. The Labute approximate surface area is 197 Å². The average Bonchev–Trinajstić information content (AvgIpc) is 3.26. The minimum Gasteiger partial charge on any atom is -0.458 e. The highest BCUT2D eigenvalue weighted by Crippen LogP contribution is 2.15. The number of carbonyl (C=O) groups is 4. The molecule has 0 aliphatic heterocycles. The number of rotatable bonds is 6. The van der Waals surface area contributed by atoms with Crippen molar-refractivity contribution in [2.75, 3.05) is 10.6 Å². The Morgan fingerprint density at radius 3 is 2.44 bits per heavy atom.